The second kappa shape index (κ2) is 8.06. The van der Waals surface area contributed by atoms with Crippen LogP contribution in [-0.2, 0) is 4.74 Å². The predicted octanol–water partition coefficient (Wildman–Crippen LogP) is 0.961. The molecule has 0 radical (unpaired) electrons. The molecular formula is C21H26N6O3. The molecule has 1 aromatic heterocycles. The quantitative estimate of drug-likeness (QED) is 0.579. The van der Waals surface area contributed by atoms with Crippen LogP contribution in [-0.4, -0.2) is 48.4 Å². The number of nitrogens with one attached hydrogen (secondary N) is 1. The second-order valence-electron chi connectivity index (χ2n) is 8.04. The van der Waals surface area contributed by atoms with E-state index in [-0.39, 0.29) is 6.10 Å². The Morgan fingerprint density at radius 3 is 2.73 bits per heavy atom. The minimum Gasteiger partial charge on any atom is -0.594 e. The summed E-state index contributed by atoms with van der Waals surface area (Å²) in [6, 6.07) is 6.17. The Morgan fingerprint density at radius 1 is 1.20 bits per heavy atom. The van der Waals surface area contributed by atoms with Gasteiger partial charge in [-0.1, -0.05) is 0 Å². The van der Waals surface area contributed by atoms with Gasteiger partial charge in [0.15, 0.2) is 5.75 Å². The zero-order chi connectivity index (χ0) is 20.5. The number of ether oxygens (including phenoxy) is 2. The molecule has 1 saturated heterocycles. The zero-order valence-electron chi connectivity index (χ0n) is 17.1. The summed E-state index contributed by atoms with van der Waals surface area (Å²) in [6.07, 6.45) is 5.63. The Labute approximate surface area is 174 Å². The minimum absolute atomic E-state index is 0.0829. The van der Waals surface area contributed by atoms with Gasteiger partial charge in [0, 0.05) is 53.9 Å². The zero-order valence-corrected chi connectivity index (χ0v) is 17.1. The molecule has 1 aromatic carbocycles. The molecule has 0 bridgehead atoms. The van der Waals surface area contributed by atoms with Crippen LogP contribution in [0.2, 0.25) is 0 Å². The number of morpholine rings is 1. The van der Waals surface area contributed by atoms with Crippen molar-refractivity contribution < 1.29 is 9.47 Å². The Kier molecular flexibility index (Phi) is 5.12. The monoisotopic (exact) mass is 410 g/mol. The van der Waals surface area contributed by atoms with Crippen molar-refractivity contribution in [2.24, 2.45) is 5.10 Å². The Balaban J connectivity index is 1.25. The average molecular weight is 410 g/mol. The van der Waals surface area contributed by atoms with E-state index in [0.29, 0.717) is 46.5 Å². The van der Waals surface area contributed by atoms with Gasteiger partial charge in [0.05, 0.1) is 19.3 Å². The van der Waals surface area contributed by atoms with E-state index < -0.39 is 0 Å². The fourth-order valence-corrected chi connectivity index (χ4v) is 4.25. The summed E-state index contributed by atoms with van der Waals surface area (Å²) in [7, 11) is 0. The van der Waals surface area contributed by atoms with E-state index in [2.05, 4.69) is 25.3 Å². The highest BCUT2D eigenvalue weighted by molar-refractivity contribution is 5.51. The number of aryl methyl sites for hydroxylation is 1. The molecule has 0 atom stereocenters. The third kappa shape index (κ3) is 3.89. The molecule has 1 aliphatic carbocycles. The van der Waals surface area contributed by atoms with Gasteiger partial charge in [-0.3, -0.25) is 0 Å². The molecule has 3 aliphatic rings. The summed E-state index contributed by atoms with van der Waals surface area (Å²) in [5, 5.41) is 20.6. The van der Waals surface area contributed by atoms with Crippen LogP contribution in [0.15, 0.2) is 29.5 Å². The third-order valence-electron chi connectivity index (χ3n) is 5.90. The molecule has 5 rings (SSSR count). The maximum absolute atomic E-state index is 12.0. The van der Waals surface area contributed by atoms with Crippen LogP contribution in [0.5, 0.6) is 5.75 Å². The van der Waals surface area contributed by atoms with Gasteiger partial charge >= 0.3 is 5.36 Å². The van der Waals surface area contributed by atoms with E-state index >= 15 is 0 Å². The van der Waals surface area contributed by atoms with E-state index in [1.807, 2.05) is 25.1 Å². The van der Waals surface area contributed by atoms with E-state index in [4.69, 9.17) is 9.47 Å². The first-order chi connectivity index (χ1) is 14.7. The van der Waals surface area contributed by atoms with Crippen LogP contribution in [0.3, 0.4) is 0 Å². The first kappa shape index (κ1) is 19.0. The number of anilines is 2. The normalized spacial score (nSPS) is 23.2. The number of rotatable bonds is 5. The van der Waals surface area contributed by atoms with Crippen molar-refractivity contribution in [2.75, 3.05) is 36.5 Å². The number of aromatic nitrogens is 2. The smallest absolute Gasteiger partial charge is 0.318 e. The van der Waals surface area contributed by atoms with Crippen LogP contribution in [0.25, 0.3) is 0 Å². The molecule has 2 fully saturated rings. The molecule has 1 N–H and O–H groups in total. The highest BCUT2D eigenvalue weighted by atomic mass is 16.5. The Bertz CT molecular complexity index is 1050. The number of hydrogen-bond donors (Lipinski definition) is 1. The number of nitrogens with zero attached hydrogens (tertiary/aromatic N) is 5. The van der Waals surface area contributed by atoms with Crippen molar-refractivity contribution in [1.29, 1.82) is 0 Å². The lowest BCUT2D eigenvalue weighted by Crippen LogP contribution is -2.48. The second-order valence-corrected chi connectivity index (χ2v) is 8.04. The lowest BCUT2D eigenvalue weighted by molar-refractivity contribution is 0.122. The van der Waals surface area contributed by atoms with Crippen molar-refractivity contribution in [3.05, 3.63) is 46.0 Å². The summed E-state index contributed by atoms with van der Waals surface area (Å²) in [5.74, 6) is 1.32. The van der Waals surface area contributed by atoms with Gasteiger partial charge in [-0.05, 0) is 43.5 Å². The van der Waals surface area contributed by atoms with E-state index in [1.165, 1.54) is 0 Å². The van der Waals surface area contributed by atoms with Gasteiger partial charge in [-0.2, -0.15) is 0 Å². The van der Waals surface area contributed by atoms with Crippen LogP contribution in [0, 0.1) is 12.1 Å². The molecule has 0 spiro atoms. The van der Waals surface area contributed by atoms with E-state index in [9.17, 15) is 5.21 Å². The fourth-order valence-electron chi connectivity index (χ4n) is 4.25. The lowest BCUT2D eigenvalue weighted by Gasteiger charge is -2.31. The third-order valence-corrected chi connectivity index (χ3v) is 5.90. The summed E-state index contributed by atoms with van der Waals surface area (Å²) in [6.45, 7) is 5.04. The summed E-state index contributed by atoms with van der Waals surface area (Å²) in [4.78, 5) is 11.6. The van der Waals surface area contributed by atoms with Crippen LogP contribution >= 0.6 is 0 Å². The van der Waals surface area contributed by atoms with Crippen molar-refractivity contribution >= 4 is 11.6 Å². The van der Waals surface area contributed by atoms with Gasteiger partial charge in [-0.25, -0.2) is 9.97 Å². The molecular weight excluding hydrogens is 384 g/mol. The van der Waals surface area contributed by atoms with Gasteiger partial charge in [0.25, 0.3) is 0 Å². The predicted molar refractivity (Wildman–Crippen MR) is 112 cm³/mol. The molecule has 2 aliphatic heterocycles. The average Bonchev–Trinajstić information content (AvgIpc) is 2.74. The number of hydrogen-bond acceptors (Lipinski definition) is 8. The maximum atomic E-state index is 12.0. The van der Waals surface area contributed by atoms with Crippen molar-refractivity contribution in [3.63, 3.8) is 0 Å². The minimum atomic E-state index is 0.0829. The molecule has 0 unspecified atom stereocenters. The van der Waals surface area contributed by atoms with Gasteiger partial charge in [0.1, 0.15) is 0 Å². The molecule has 158 valence electrons. The Morgan fingerprint density at radius 2 is 2.00 bits per heavy atom. The van der Waals surface area contributed by atoms with E-state index in [1.54, 1.807) is 6.20 Å². The number of fused-ring (bicyclic) bond motifs is 1. The SMILES string of the molecule is Cc1ccnc(NC2CCC(Oc3cc(N4CCOCC4)cc4c3=[N+]([O-])N=4)CC2)n1. The molecule has 0 amide bonds. The van der Waals surface area contributed by atoms with Gasteiger partial charge in [0.2, 0.25) is 11.3 Å². The van der Waals surface area contributed by atoms with Crippen LogP contribution < -0.4 is 30.5 Å². The Hall–Kier alpha value is -2.94. The van der Waals surface area contributed by atoms with Crippen LogP contribution in [0.1, 0.15) is 31.4 Å². The van der Waals surface area contributed by atoms with Crippen molar-refractivity contribution in [2.45, 2.75) is 44.8 Å². The fraction of sp³-hybridized carbons (Fsp3) is 0.524. The molecule has 2 aromatic rings. The highest BCUT2D eigenvalue weighted by Crippen LogP contribution is 2.26. The van der Waals surface area contributed by atoms with Crippen molar-refractivity contribution in [1.82, 2.24) is 14.8 Å². The topological polar surface area (TPSA) is 97.9 Å². The highest BCUT2D eigenvalue weighted by Gasteiger charge is 2.27. The van der Waals surface area contributed by atoms with Crippen LogP contribution in [0.4, 0.5) is 11.6 Å². The molecule has 9 heteroatoms. The summed E-state index contributed by atoms with van der Waals surface area (Å²) < 4.78 is 11.8. The van der Waals surface area contributed by atoms with Gasteiger partial charge < -0.3 is 24.9 Å². The first-order valence-corrected chi connectivity index (χ1v) is 10.6. The summed E-state index contributed by atoms with van der Waals surface area (Å²) >= 11 is 0. The standard InChI is InChI=1S/C21H26N6O3/c1-14-6-7-22-21(23-14)24-15-2-4-17(5-3-15)30-19-13-16(26-8-10-29-11-9-26)12-18-20(19)27(28)25-18/h6-7,12-13,15,17H,2-5,8-11H2,1H3,(H,22,23,24). The van der Waals surface area contributed by atoms with Crippen molar-refractivity contribution in [3.8, 4) is 5.75 Å². The molecule has 1 saturated carbocycles. The molecule has 3 heterocycles. The maximum Gasteiger partial charge on any atom is 0.318 e. The molecule has 30 heavy (non-hydrogen) atoms. The van der Waals surface area contributed by atoms with E-state index in [0.717, 1.165) is 50.2 Å². The number of benzene rings is 1. The summed E-state index contributed by atoms with van der Waals surface area (Å²) in [5.41, 5.74) is 1.99. The van der Waals surface area contributed by atoms with Gasteiger partial charge in [-0.15, -0.1) is 0 Å². The molecule has 9 nitrogen and oxygen atoms in total. The largest absolute Gasteiger partial charge is 0.594 e. The first-order valence-electron chi connectivity index (χ1n) is 10.6. The lowest BCUT2D eigenvalue weighted by atomic mass is 9.93.